The zero-order valence-electron chi connectivity index (χ0n) is 20.7. The van der Waals surface area contributed by atoms with Gasteiger partial charge in [-0.05, 0) is 53.0 Å². The van der Waals surface area contributed by atoms with E-state index in [9.17, 15) is 9.59 Å². The van der Waals surface area contributed by atoms with Crippen molar-refractivity contribution in [3.05, 3.63) is 130 Å². The van der Waals surface area contributed by atoms with Crippen LogP contribution in [0, 0.1) is 0 Å². The van der Waals surface area contributed by atoms with Crippen molar-refractivity contribution in [3.63, 3.8) is 0 Å². The van der Waals surface area contributed by atoms with Crippen LogP contribution in [0.25, 0.3) is 0 Å². The van der Waals surface area contributed by atoms with Gasteiger partial charge in [-0.15, -0.1) is 11.3 Å². The van der Waals surface area contributed by atoms with Crippen LogP contribution in [0.4, 0.5) is 0 Å². The van der Waals surface area contributed by atoms with Gasteiger partial charge in [0.1, 0.15) is 6.54 Å². The minimum Gasteiger partial charge on any atom is -0.330 e. The second kappa shape index (κ2) is 10.3. The summed E-state index contributed by atoms with van der Waals surface area (Å²) in [5.41, 5.74) is 4.25. The van der Waals surface area contributed by atoms with E-state index in [1.165, 1.54) is 10.4 Å². The van der Waals surface area contributed by atoms with Crippen molar-refractivity contribution in [1.29, 1.82) is 0 Å². The number of fused-ring (bicyclic) bond motifs is 1. The first-order valence-electron chi connectivity index (χ1n) is 13.0. The summed E-state index contributed by atoms with van der Waals surface area (Å²) < 4.78 is 0. The van der Waals surface area contributed by atoms with Gasteiger partial charge in [0.05, 0.1) is 12.0 Å². The molecule has 0 N–H and O–H groups in total. The summed E-state index contributed by atoms with van der Waals surface area (Å²) in [6.45, 7) is 0.780. The van der Waals surface area contributed by atoms with Gasteiger partial charge in [-0.25, -0.2) is 0 Å². The third kappa shape index (κ3) is 4.84. The zero-order chi connectivity index (χ0) is 25.2. The van der Waals surface area contributed by atoms with Gasteiger partial charge in [0, 0.05) is 17.5 Å². The van der Waals surface area contributed by atoms with Gasteiger partial charge in [0.2, 0.25) is 11.8 Å². The SMILES string of the molecule is O=C(C(c1ccccc1)c1ccccc1)N(CC(=O)N1CCc2sccc2C1c1ccccc1)C1CC1. The molecule has 6 rings (SSSR count). The van der Waals surface area contributed by atoms with E-state index in [0.29, 0.717) is 6.54 Å². The van der Waals surface area contributed by atoms with Crippen molar-refractivity contribution < 1.29 is 9.59 Å². The van der Waals surface area contributed by atoms with E-state index in [4.69, 9.17) is 0 Å². The Morgan fingerprint density at radius 3 is 2.03 bits per heavy atom. The van der Waals surface area contributed by atoms with Crippen LogP contribution in [-0.4, -0.2) is 40.7 Å². The van der Waals surface area contributed by atoms with E-state index in [1.54, 1.807) is 11.3 Å². The van der Waals surface area contributed by atoms with Crippen LogP contribution in [0.5, 0.6) is 0 Å². The molecule has 1 saturated carbocycles. The molecule has 4 aromatic rings. The maximum Gasteiger partial charge on any atom is 0.243 e. The molecule has 0 saturated heterocycles. The number of carbonyl (C=O) groups is 2. The lowest BCUT2D eigenvalue weighted by Gasteiger charge is -2.38. The maximum absolute atomic E-state index is 14.2. The predicted octanol–water partition coefficient (Wildman–Crippen LogP) is 6.05. The predicted molar refractivity (Wildman–Crippen MR) is 147 cm³/mol. The molecule has 0 bridgehead atoms. The van der Waals surface area contributed by atoms with E-state index in [2.05, 4.69) is 23.6 Å². The molecule has 0 spiro atoms. The van der Waals surface area contributed by atoms with E-state index >= 15 is 0 Å². The first-order valence-corrected chi connectivity index (χ1v) is 13.9. The standard InChI is InChI=1S/C32H30N2O2S/c35-29(33-20-18-28-27(19-21-37-28)31(33)25-14-8-3-9-15-25)22-34(26-16-17-26)32(36)30(23-10-4-1-5-11-23)24-12-6-2-7-13-24/h1-15,19,21,26,30-31H,16-18,20,22H2. The molecular weight excluding hydrogens is 476 g/mol. The Bertz CT molecular complexity index is 1330. The second-order valence-electron chi connectivity index (χ2n) is 9.90. The van der Waals surface area contributed by atoms with E-state index in [-0.39, 0.29) is 30.4 Å². The first kappa shape index (κ1) is 23.7. The summed E-state index contributed by atoms with van der Waals surface area (Å²) in [6, 6.07) is 32.3. The van der Waals surface area contributed by atoms with E-state index in [1.807, 2.05) is 88.7 Å². The Hall–Kier alpha value is -3.70. The Morgan fingerprint density at radius 1 is 0.838 bits per heavy atom. The van der Waals surface area contributed by atoms with E-state index in [0.717, 1.165) is 36.0 Å². The van der Waals surface area contributed by atoms with Crippen molar-refractivity contribution in [1.82, 2.24) is 9.80 Å². The fourth-order valence-electron chi connectivity index (χ4n) is 5.52. The summed E-state index contributed by atoms with van der Waals surface area (Å²) in [5.74, 6) is -0.394. The number of nitrogens with zero attached hydrogens (tertiary/aromatic N) is 2. The minimum absolute atomic E-state index is 0.0118. The van der Waals surface area contributed by atoms with Crippen LogP contribution in [0.15, 0.2) is 102 Å². The Morgan fingerprint density at radius 2 is 1.43 bits per heavy atom. The van der Waals surface area contributed by atoms with Crippen molar-refractivity contribution in [3.8, 4) is 0 Å². The Kier molecular flexibility index (Phi) is 6.62. The van der Waals surface area contributed by atoms with Crippen molar-refractivity contribution in [2.75, 3.05) is 13.1 Å². The Labute approximate surface area is 222 Å². The van der Waals surface area contributed by atoms with Crippen LogP contribution >= 0.6 is 11.3 Å². The Balaban J connectivity index is 1.31. The average molecular weight is 507 g/mol. The van der Waals surface area contributed by atoms with E-state index < -0.39 is 5.92 Å². The topological polar surface area (TPSA) is 40.6 Å². The molecule has 4 nitrogen and oxygen atoms in total. The molecule has 3 aromatic carbocycles. The lowest BCUT2D eigenvalue weighted by Crippen LogP contribution is -2.48. The summed E-state index contributed by atoms with van der Waals surface area (Å²) in [7, 11) is 0. The summed E-state index contributed by atoms with van der Waals surface area (Å²) >= 11 is 1.77. The normalized spacial score (nSPS) is 16.9. The van der Waals surface area contributed by atoms with Gasteiger partial charge in [-0.3, -0.25) is 9.59 Å². The molecule has 1 aliphatic heterocycles. The summed E-state index contributed by atoms with van der Waals surface area (Å²) in [4.78, 5) is 33.4. The van der Waals surface area contributed by atoms with Crippen LogP contribution in [0.2, 0.25) is 0 Å². The molecular formula is C32H30N2O2S. The smallest absolute Gasteiger partial charge is 0.243 e. The van der Waals surface area contributed by atoms with Gasteiger partial charge in [0.15, 0.2) is 0 Å². The second-order valence-corrected chi connectivity index (χ2v) is 10.9. The maximum atomic E-state index is 14.2. The number of benzene rings is 3. The van der Waals surface area contributed by atoms with Gasteiger partial charge >= 0.3 is 0 Å². The fourth-order valence-corrected chi connectivity index (χ4v) is 6.43. The highest BCUT2D eigenvalue weighted by Gasteiger charge is 2.40. The molecule has 1 aliphatic carbocycles. The third-order valence-electron chi connectivity index (χ3n) is 7.49. The van der Waals surface area contributed by atoms with Gasteiger partial charge < -0.3 is 9.80 Å². The van der Waals surface area contributed by atoms with Gasteiger partial charge in [0.25, 0.3) is 0 Å². The molecule has 5 heteroatoms. The van der Waals surface area contributed by atoms with Crippen molar-refractivity contribution in [2.45, 2.75) is 37.3 Å². The van der Waals surface area contributed by atoms with Gasteiger partial charge in [-0.2, -0.15) is 0 Å². The molecule has 2 amide bonds. The number of carbonyl (C=O) groups excluding carboxylic acids is 2. The number of amides is 2. The number of hydrogen-bond donors (Lipinski definition) is 0. The quantitative estimate of drug-likeness (QED) is 0.306. The fraction of sp³-hybridized carbons (Fsp3) is 0.250. The molecule has 37 heavy (non-hydrogen) atoms. The molecule has 1 aromatic heterocycles. The molecule has 2 aliphatic rings. The lowest BCUT2D eigenvalue weighted by atomic mass is 9.89. The van der Waals surface area contributed by atoms with Crippen molar-refractivity contribution >= 4 is 23.2 Å². The van der Waals surface area contributed by atoms with Crippen LogP contribution in [0.3, 0.4) is 0 Å². The van der Waals surface area contributed by atoms with Crippen LogP contribution < -0.4 is 0 Å². The molecule has 186 valence electrons. The number of hydrogen-bond acceptors (Lipinski definition) is 3. The monoisotopic (exact) mass is 506 g/mol. The number of thiophene rings is 1. The lowest BCUT2D eigenvalue weighted by molar-refractivity contribution is -0.142. The van der Waals surface area contributed by atoms with Gasteiger partial charge in [-0.1, -0.05) is 91.0 Å². The molecule has 1 atom stereocenters. The molecule has 0 radical (unpaired) electrons. The highest BCUT2D eigenvalue weighted by atomic mass is 32.1. The zero-order valence-corrected chi connectivity index (χ0v) is 21.5. The van der Waals surface area contributed by atoms with Crippen LogP contribution in [0.1, 0.15) is 51.9 Å². The minimum atomic E-state index is -0.425. The molecule has 2 heterocycles. The van der Waals surface area contributed by atoms with Crippen LogP contribution in [-0.2, 0) is 16.0 Å². The number of rotatable bonds is 7. The summed E-state index contributed by atoms with van der Waals surface area (Å²) in [6.07, 6.45) is 2.76. The van der Waals surface area contributed by atoms with Crippen molar-refractivity contribution in [2.24, 2.45) is 0 Å². The third-order valence-corrected chi connectivity index (χ3v) is 8.49. The summed E-state index contributed by atoms with van der Waals surface area (Å²) in [5, 5.41) is 2.12. The highest BCUT2D eigenvalue weighted by molar-refractivity contribution is 7.10. The molecule has 1 unspecified atom stereocenters. The molecule has 1 fully saturated rings. The highest BCUT2D eigenvalue weighted by Crippen LogP contribution is 2.39. The first-order chi connectivity index (χ1) is 18.2. The average Bonchev–Trinajstić information content (AvgIpc) is 3.68. The largest absolute Gasteiger partial charge is 0.330 e.